The maximum absolute atomic E-state index is 12.8. The summed E-state index contributed by atoms with van der Waals surface area (Å²) in [5.74, 6) is 1.03. The van der Waals surface area contributed by atoms with Crippen molar-refractivity contribution in [3.05, 3.63) is 53.6 Å². The first-order chi connectivity index (χ1) is 13.9. The lowest BCUT2D eigenvalue weighted by atomic mass is 9.84. The fourth-order valence-corrected chi connectivity index (χ4v) is 5.04. The molecule has 1 atom stereocenters. The molecule has 4 rings (SSSR count). The molecule has 0 bridgehead atoms. The van der Waals surface area contributed by atoms with Crippen LogP contribution in [0.15, 0.2) is 47.4 Å². The molecule has 0 aromatic heterocycles. The molecule has 1 N–H and O–H groups in total. The summed E-state index contributed by atoms with van der Waals surface area (Å²) in [6, 6.07) is 12.4. The van der Waals surface area contributed by atoms with Crippen molar-refractivity contribution < 1.29 is 17.9 Å². The highest BCUT2D eigenvalue weighted by Gasteiger charge is 2.37. The Morgan fingerprint density at radius 2 is 1.90 bits per heavy atom. The minimum atomic E-state index is -3.65. The number of anilines is 1. The van der Waals surface area contributed by atoms with Gasteiger partial charge in [0.2, 0.25) is 15.9 Å². The molecule has 1 amide bonds. The van der Waals surface area contributed by atoms with Gasteiger partial charge in [-0.3, -0.25) is 4.79 Å². The number of ether oxygens (including phenoxy) is 1. The van der Waals surface area contributed by atoms with Gasteiger partial charge < -0.3 is 9.64 Å². The number of hydrogen-bond donors (Lipinski definition) is 1. The number of methoxy groups -OCH3 is 1. The van der Waals surface area contributed by atoms with Gasteiger partial charge in [-0.15, -0.1) is 0 Å². The van der Waals surface area contributed by atoms with Crippen LogP contribution in [-0.2, 0) is 27.8 Å². The number of nitrogens with one attached hydrogen (secondary N) is 1. The minimum Gasteiger partial charge on any atom is -0.497 e. The SMILES string of the molecule is COc1ccc(CNS(=O)(=O)c2ccc3c(c2)CC(C)N3C(=O)C2CCC2)cc1. The van der Waals surface area contributed by atoms with Gasteiger partial charge in [0.05, 0.1) is 12.0 Å². The van der Waals surface area contributed by atoms with Crippen molar-refractivity contribution in [3.63, 3.8) is 0 Å². The van der Waals surface area contributed by atoms with Gasteiger partial charge in [-0.1, -0.05) is 18.6 Å². The van der Waals surface area contributed by atoms with Gasteiger partial charge in [0.1, 0.15) is 5.75 Å². The first kappa shape index (κ1) is 19.9. The van der Waals surface area contributed by atoms with Crippen LogP contribution >= 0.6 is 0 Å². The zero-order valence-electron chi connectivity index (χ0n) is 16.7. The van der Waals surface area contributed by atoms with E-state index < -0.39 is 10.0 Å². The maximum Gasteiger partial charge on any atom is 0.240 e. The minimum absolute atomic E-state index is 0.0586. The summed E-state index contributed by atoms with van der Waals surface area (Å²) >= 11 is 0. The molecule has 2 aromatic carbocycles. The van der Waals surface area contributed by atoms with E-state index in [2.05, 4.69) is 4.72 Å². The second kappa shape index (κ2) is 7.80. The van der Waals surface area contributed by atoms with Crippen LogP contribution in [0.4, 0.5) is 5.69 Å². The van der Waals surface area contributed by atoms with E-state index in [0.29, 0.717) is 6.42 Å². The number of amides is 1. The van der Waals surface area contributed by atoms with Crippen LogP contribution in [0.1, 0.15) is 37.3 Å². The van der Waals surface area contributed by atoms with Gasteiger partial charge in [-0.05, 0) is 67.6 Å². The molecule has 0 saturated heterocycles. The predicted molar refractivity (Wildman–Crippen MR) is 111 cm³/mol. The number of hydrogen-bond acceptors (Lipinski definition) is 4. The number of benzene rings is 2. The van der Waals surface area contributed by atoms with Crippen LogP contribution in [-0.4, -0.2) is 27.5 Å². The molecule has 0 radical (unpaired) electrons. The van der Waals surface area contributed by atoms with Crippen molar-refractivity contribution in [1.82, 2.24) is 4.72 Å². The lowest BCUT2D eigenvalue weighted by molar-refractivity contribution is -0.125. The highest BCUT2D eigenvalue weighted by molar-refractivity contribution is 7.89. The Kier molecular flexibility index (Phi) is 5.36. The van der Waals surface area contributed by atoms with E-state index in [4.69, 9.17) is 4.74 Å². The van der Waals surface area contributed by atoms with Crippen LogP contribution in [0, 0.1) is 5.92 Å². The van der Waals surface area contributed by atoms with E-state index in [1.165, 1.54) is 0 Å². The second-order valence-electron chi connectivity index (χ2n) is 7.85. The zero-order chi connectivity index (χ0) is 20.6. The summed E-state index contributed by atoms with van der Waals surface area (Å²) in [7, 11) is -2.05. The molecule has 7 heteroatoms. The van der Waals surface area contributed by atoms with Crippen LogP contribution in [0.3, 0.4) is 0 Å². The Bertz CT molecular complexity index is 1010. The number of nitrogens with zero attached hydrogens (tertiary/aromatic N) is 1. The molecule has 0 spiro atoms. The molecular weight excluding hydrogens is 388 g/mol. The van der Waals surface area contributed by atoms with E-state index in [0.717, 1.165) is 41.8 Å². The maximum atomic E-state index is 12.8. The summed E-state index contributed by atoms with van der Waals surface area (Å²) in [6.07, 6.45) is 3.70. The Hall–Kier alpha value is -2.38. The monoisotopic (exact) mass is 414 g/mol. The molecule has 29 heavy (non-hydrogen) atoms. The lowest BCUT2D eigenvalue weighted by Gasteiger charge is -2.32. The third-order valence-electron chi connectivity index (χ3n) is 5.89. The molecule has 1 fully saturated rings. The molecule has 1 saturated carbocycles. The third-order valence-corrected chi connectivity index (χ3v) is 7.29. The Balaban J connectivity index is 1.50. The Labute approximate surface area is 171 Å². The van der Waals surface area contributed by atoms with Crippen LogP contribution in [0.25, 0.3) is 0 Å². The van der Waals surface area contributed by atoms with E-state index >= 15 is 0 Å². The van der Waals surface area contributed by atoms with E-state index in [9.17, 15) is 13.2 Å². The summed E-state index contributed by atoms with van der Waals surface area (Å²) in [6.45, 7) is 2.22. The van der Waals surface area contributed by atoms with E-state index in [1.54, 1.807) is 37.4 Å². The quantitative estimate of drug-likeness (QED) is 0.787. The van der Waals surface area contributed by atoms with Gasteiger partial charge in [0, 0.05) is 24.2 Å². The predicted octanol–water partition coefficient (Wildman–Crippen LogP) is 3.25. The Morgan fingerprint density at radius 3 is 2.52 bits per heavy atom. The van der Waals surface area contributed by atoms with Gasteiger partial charge >= 0.3 is 0 Å². The third kappa shape index (κ3) is 3.89. The zero-order valence-corrected chi connectivity index (χ0v) is 17.5. The molecule has 2 aromatic rings. The molecule has 1 unspecified atom stereocenters. The summed E-state index contributed by atoms with van der Waals surface area (Å²) in [4.78, 5) is 14.9. The van der Waals surface area contributed by atoms with Crippen LogP contribution in [0.2, 0.25) is 0 Å². The molecule has 2 aliphatic rings. The van der Waals surface area contributed by atoms with Gasteiger partial charge in [0.15, 0.2) is 0 Å². The average Bonchev–Trinajstić information content (AvgIpc) is 3.00. The normalized spacial score (nSPS) is 19.0. The van der Waals surface area contributed by atoms with Crippen LogP contribution < -0.4 is 14.4 Å². The fourth-order valence-electron chi connectivity index (χ4n) is 3.97. The Morgan fingerprint density at radius 1 is 1.17 bits per heavy atom. The standard InChI is InChI=1S/C22H26N2O4S/c1-15-12-18-13-20(10-11-21(18)24(15)22(25)17-4-3-5-17)29(26,27)23-14-16-6-8-19(28-2)9-7-16/h6-11,13,15,17,23H,3-5,12,14H2,1-2H3. The van der Waals surface area contributed by atoms with Crippen molar-refractivity contribution in [2.75, 3.05) is 12.0 Å². The summed E-state index contributed by atoms with van der Waals surface area (Å²) in [5.41, 5.74) is 2.61. The molecule has 1 heterocycles. The largest absolute Gasteiger partial charge is 0.497 e. The van der Waals surface area contributed by atoms with Crippen molar-refractivity contribution >= 4 is 21.6 Å². The van der Waals surface area contributed by atoms with Crippen molar-refractivity contribution in [3.8, 4) is 5.75 Å². The van der Waals surface area contributed by atoms with Crippen molar-refractivity contribution in [1.29, 1.82) is 0 Å². The number of fused-ring (bicyclic) bond motifs is 1. The van der Waals surface area contributed by atoms with Gasteiger partial charge in [-0.25, -0.2) is 13.1 Å². The molecule has 1 aliphatic carbocycles. The number of carbonyl (C=O) groups excluding carboxylic acids is 1. The summed E-state index contributed by atoms with van der Waals surface area (Å²) < 4.78 is 33.3. The van der Waals surface area contributed by atoms with Crippen LogP contribution in [0.5, 0.6) is 5.75 Å². The number of sulfonamides is 1. The fraction of sp³-hybridized carbons (Fsp3) is 0.409. The van der Waals surface area contributed by atoms with Gasteiger partial charge in [0.25, 0.3) is 0 Å². The van der Waals surface area contributed by atoms with E-state index in [1.807, 2.05) is 24.0 Å². The van der Waals surface area contributed by atoms with E-state index in [-0.39, 0.29) is 29.3 Å². The smallest absolute Gasteiger partial charge is 0.240 e. The molecular formula is C22H26N2O4S. The highest BCUT2D eigenvalue weighted by Crippen LogP contribution is 2.38. The summed E-state index contributed by atoms with van der Waals surface area (Å²) in [5, 5.41) is 0. The first-order valence-electron chi connectivity index (χ1n) is 9.97. The first-order valence-corrected chi connectivity index (χ1v) is 11.5. The number of rotatable bonds is 6. The lowest BCUT2D eigenvalue weighted by Crippen LogP contribution is -2.42. The average molecular weight is 415 g/mol. The highest BCUT2D eigenvalue weighted by atomic mass is 32.2. The molecule has 1 aliphatic heterocycles. The second-order valence-corrected chi connectivity index (χ2v) is 9.62. The number of carbonyl (C=O) groups is 1. The molecule has 154 valence electrons. The topological polar surface area (TPSA) is 75.7 Å². The van der Waals surface area contributed by atoms with Crippen molar-refractivity contribution in [2.45, 2.75) is 50.1 Å². The molecule has 6 nitrogen and oxygen atoms in total. The van der Waals surface area contributed by atoms with Gasteiger partial charge in [-0.2, -0.15) is 0 Å². The van der Waals surface area contributed by atoms with Crippen molar-refractivity contribution in [2.24, 2.45) is 5.92 Å².